The summed E-state index contributed by atoms with van der Waals surface area (Å²) < 4.78 is 38.3. The molecule has 0 atom stereocenters. The van der Waals surface area contributed by atoms with E-state index in [1.807, 2.05) is 13.0 Å². The number of pyridine rings is 2. The van der Waals surface area contributed by atoms with Gasteiger partial charge in [-0.2, -0.15) is 13.2 Å². The maximum atomic E-state index is 13.2. The molecule has 0 aliphatic heterocycles. The van der Waals surface area contributed by atoms with Crippen LogP contribution in [0.2, 0.25) is 0 Å². The minimum absolute atomic E-state index is 0.0681. The van der Waals surface area contributed by atoms with Gasteiger partial charge in [-0.1, -0.05) is 0 Å². The second-order valence-corrected chi connectivity index (χ2v) is 7.17. The number of benzene rings is 1. The second-order valence-electron chi connectivity index (χ2n) is 7.17. The third-order valence-electron chi connectivity index (χ3n) is 4.83. The van der Waals surface area contributed by atoms with Crippen molar-refractivity contribution < 1.29 is 18.0 Å². The molecule has 2 aromatic heterocycles. The van der Waals surface area contributed by atoms with E-state index in [0.29, 0.717) is 42.0 Å². The molecule has 0 radical (unpaired) electrons. The van der Waals surface area contributed by atoms with Crippen LogP contribution in [-0.4, -0.2) is 27.3 Å². The van der Waals surface area contributed by atoms with Crippen LogP contribution in [0.1, 0.15) is 40.0 Å². The number of amides is 1. The number of carbonyl (C=O) groups excluding carboxylic acids is 1. The number of aromatic nitrogens is 2. The number of hydrogen-bond acceptors (Lipinski definition) is 4. The first kappa shape index (κ1) is 22.1. The summed E-state index contributed by atoms with van der Waals surface area (Å²) in [6, 6.07) is 9.19. The zero-order valence-corrected chi connectivity index (χ0v) is 16.9. The summed E-state index contributed by atoms with van der Waals surface area (Å²) in [6.45, 7) is 2.25. The molecular weight excluding hydrogens is 405 g/mol. The Morgan fingerprint density at radius 2 is 2.00 bits per heavy atom. The van der Waals surface area contributed by atoms with Gasteiger partial charge in [0.15, 0.2) is 0 Å². The minimum atomic E-state index is -4.46. The van der Waals surface area contributed by atoms with Gasteiger partial charge in [0, 0.05) is 30.1 Å². The zero-order chi connectivity index (χ0) is 22.6. The fourth-order valence-electron chi connectivity index (χ4n) is 3.12. The Morgan fingerprint density at radius 1 is 1.23 bits per heavy atom. The quantitative estimate of drug-likeness (QED) is 0.462. The second kappa shape index (κ2) is 9.04. The number of halogens is 3. The molecular formula is C23H21F3N4O. The third kappa shape index (κ3) is 5.31. The van der Waals surface area contributed by atoms with Gasteiger partial charge in [-0.25, -0.2) is 4.98 Å². The molecule has 2 N–H and O–H groups in total. The maximum absolute atomic E-state index is 13.2. The van der Waals surface area contributed by atoms with Crippen molar-refractivity contribution in [1.29, 1.82) is 0 Å². The van der Waals surface area contributed by atoms with Gasteiger partial charge in [0.1, 0.15) is 5.82 Å². The monoisotopic (exact) mass is 426 g/mol. The lowest BCUT2D eigenvalue weighted by Gasteiger charge is -2.22. The van der Waals surface area contributed by atoms with Crippen LogP contribution in [0, 0.1) is 19.3 Å². The lowest BCUT2D eigenvalue weighted by molar-refractivity contribution is -0.137. The summed E-state index contributed by atoms with van der Waals surface area (Å²) in [5, 5.41) is 0.772. The highest BCUT2D eigenvalue weighted by molar-refractivity contribution is 5.98. The lowest BCUT2D eigenvalue weighted by atomic mass is 10.1. The van der Waals surface area contributed by atoms with Crippen molar-refractivity contribution in [3.8, 4) is 12.3 Å². The fraction of sp³-hybridized carbons (Fsp3) is 0.261. The molecule has 31 heavy (non-hydrogen) atoms. The van der Waals surface area contributed by atoms with E-state index in [1.54, 1.807) is 18.2 Å². The Labute approximate surface area is 178 Å². The summed E-state index contributed by atoms with van der Waals surface area (Å²) >= 11 is 0. The van der Waals surface area contributed by atoms with Crippen LogP contribution >= 0.6 is 0 Å². The van der Waals surface area contributed by atoms with Crippen molar-refractivity contribution in [3.63, 3.8) is 0 Å². The minimum Gasteiger partial charge on any atom is -0.383 e. The molecule has 8 heteroatoms. The van der Waals surface area contributed by atoms with Gasteiger partial charge in [-0.3, -0.25) is 9.78 Å². The maximum Gasteiger partial charge on any atom is 0.417 e. The molecule has 0 bridgehead atoms. The Bertz CT molecular complexity index is 1130. The predicted octanol–water partition coefficient (Wildman–Crippen LogP) is 4.60. The van der Waals surface area contributed by atoms with E-state index in [0.717, 1.165) is 23.2 Å². The van der Waals surface area contributed by atoms with E-state index in [9.17, 15) is 18.0 Å². The standard InChI is InChI=1S/C23H21F3N4O/c1-3-4-5-10-30(14-19-8-7-18(13-28-19)23(24,25)26)22(31)16-6-9-20-17(12-16)11-15(2)21(27)29-20/h1,6-9,11-13H,4-5,10,14H2,2H3,(H2,27,29). The number of nitrogens with zero attached hydrogens (tertiary/aromatic N) is 3. The molecule has 3 rings (SSSR count). The highest BCUT2D eigenvalue weighted by Crippen LogP contribution is 2.28. The average Bonchev–Trinajstić information content (AvgIpc) is 2.73. The van der Waals surface area contributed by atoms with E-state index in [1.165, 1.54) is 11.0 Å². The van der Waals surface area contributed by atoms with Crippen LogP contribution < -0.4 is 5.73 Å². The van der Waals surface area contributed by atoms with E-state index in [4.69, 9.17) is 12.2 Å². The van der Waals surface area contributed by atoms with Crippen molar-refractivity contribution in [1.82, 2.24) is 14.9 Å². The normalized spacial score (nSPS) is 11.3. The van der Waals surface area contributed by atoms with Crippen molar-refractivity contribution in [2.45, 2.75) is 32.5 Å². The summed E-state index contributed by atoms with van der Waals surface area (Å²) in [4.78, 5) is 22.9. The number of hydrogen-bond donors (Lipinski definition) is 1. The molecule has 0 saturated heterocycles. The van der Waals surface area contributed by atoms with Crippen LogP contribution in [-0.2, 0) is 12.7 Å². The number of nitrogens with two attached hydrogens (primary N) is 1. The molecule has 2 heterocycles. The smallest absolute Gasteiger partial charge is 0.383 e. The molecule has 0 aliphatic carbocycles. The first-order chi connectivity index (χ1) is 14.7. The highest BCUT2D eigenvalue weighted by Gasteiger charge is 2.30. The third-order valence-corrected chi connectivity index (χ3v) is 4.83. The van der Waals surface area contributed by atoms with E-state index in [-0.39, 0.29) is 12.5 Å². The Kier molecular flexibility index (Phi) is 6.44. The molecule has 0 spiro atoms. The van der Waals surface area contributed by atoms with E-state index < -0.39 is 11.7 Å². The molecule has 160 valence electrons. The Morgan fingerprint density at radius 3 is 2.65 bits per heavy atom. The van der Waals surface area contributed by atoms with Crippen LogP contribution in [0.3, 0.4) is 0 Å². The number of carbonyl (C=O) groups is 1. The predicted molar refractivity (Wildman–Crippen MR) is 113 cm³/mol. The molecule has 3 aromatic rings. The van der Waals surface area contributed by atoms with Crippen molar-refractivity contribution in [3.05, 3.63) is 65.0 Å². The number of aryl methyl sites for hydroxylation is 1. The number of fused-ring (bicyclic) bond motifs is 1. The van der Waals surface area contributed by atoms with E-state index >= 15 is 0 Å². The van der Waals surface area contributed by atoms with Gasteiger partial charge in [0.2, 0.25) is 0 Å². The van der Waals surface area contributed by atoms with Gasteiger partial charge in [-0.15, -0.1) is 12.3 Å². The summed E-state index contributed by atoms with van der Waals surface area (Å²) in [5.41, 5.74) is 7.27. The number of terminal acetylenes is 1. The van der Waals surface area contributed by atoms with Gasteiger partial charge < -0.3 is 10.6 Å². The molecule has 5 nitrogen and oxygen atoms in total. The number of rotatable bonds is 6. The summed E-state index contributed by atoms with van der Waals surface area (Å²) in [6.07, 6.45) is 2.66. The van der Waals surface area contributed by atoms with Gasteiger partial charge in [-0.05, 0) is 55.3 Å². The number of unbranched alkanes of at least 4 members (excludes halogenated alkanes) is 1. The van der Waals surface area contributed by atoms with Crippen molar-refractivity contribution in [2.75, 3.05) is 12.3 Å². The van der Waals surface area contributed by atoms with Crippen LogP contribution in [0.5, 0.6) is 0 Å². The topological polar surface area (TPSA) is 72.1 Å². The zero-order valence-electron chi connectivity index (χ0n) is 16.9. The van der Waals surface area contributed by atoms with Crippen LogP contribution in [0.25, 0.3) is 10.9 Å². The largest absolute Gasteiger partial charge is 0.417 e. The lowest BCUT2D eigenvalue weighted by Crippen LogP contribution is -2.32. The Hall–Kier alpha value is -3.60. The first-order valence-electron chi connectivity index (χ1n) is 9.61. The van der Waals surface area contributed by atoms with Gasteiger partial charge >= 0.3 is 6.18 Å². The molecule has 0 saturated carbocycles. The molecule has 0 unspecified atom stereocenters. The van der Waals surface area contributed by atoms with Gasteiger partial charge in [0.25, 0.3) is 5.91 Å². The number of nitrogen functional groups attached to an aromatic ring is 1. The number of alkyl halides is 3. The Balaban J connectivity index is 1.87. The summed E-state index contributed by atoms with van der Waals surface area (Å²) in [5.74, 6) is 2.68. The average molecular weight is 426 g/mol. The number of anilines is 1. The highest BCUT2D eigenvalue weighted by atomic mass is 19.4. The van der Waals surface area contributed by atoms with Gasteiger partial charge in [0.05, 0.1) is 23.3 Å². The van der Waals surface area contributed by atoms with Crippen LogP contribution in [0.15, 0.2) is 42.6 Å². The van der Waals surface area contributed by atoms with Crippen LogP contribution in [0.4, 0.5) is 19.0 Å². The molecule has 1 aromatic carbocycles. The molecule has 1 amide bonds. The first-order valence-corrected chi connectivity index (χ1v) is 9.61. The SMILES string of the molecule is C#CCCCN(Cc1ccc(C(F)(F)F)cn1)C(=O)c1ccc2nc(N)c(C)cc2c1. The van der Waals surface area contributed by atoms with Crippen molar-refractivity contribution in [2.24, 2.45) is 0 Å². The summed E-state index contributed by atoms with van der Waals surface area (Å²) in [7, 11) is 0. The van der Waals surface area contributed by atoms with E-state index in [2.05, 4.69) is 15.9 Å². The molecule has 0 aliphatic rings. The molecule has 0 fully saturated rings. The van der Waals surface area contributed by atoms with Crippen molar-refractivity contribution >= 4 is 22.6 Å². The fourth-order valence-corrected chi connectivity index (χ4v) is 3.12.